The van der Waals surface area contributed by atoms with E-state index in [2.05, 4.69) is 27.6 Å². The Morgan fingerprint density at radius 2 is 2.10 bits per heavy atom. The fraction of sp³-hybridized carbons (Fsp3) is 0. The number of nitrogens with two attached hydrogens (primary N) is 1. The molecule has 0 saturated heterocycles. The Kier molecular flexibility index (Phi) is 2.68. The van der Waals surface area contributed by atoms with E-state index in [1.54, 1.807) is 4.22 Å². The van der Waals surface area contributed by atoms with Gasteiger partial charge in [-0.3, -0.25) is 0 Å². The third-order valence-corrected chi connectivity index (χ3v) is 1.40. The maximum absolute atomic E-state index is 5.59. The number of rotatable bonds is 1. The number of benzene rings is 1. The summed E-state index contributed by atoms with van der Waals surface area (Å²) >= 11 is 2.06. The van der Waals surface area contributed by atoms with E-state index >= 15 is 0 Å². The van der Waals surface area contributed by atoms with Crippen molar-refractivity contribution in [3.8, 4) is 0 Å². The lowest BCUT2D eigenvalue weighted by Gasteiger charge is -1.95. The van der Waals surface area contributed by atoms with Gasteiger partial charge in [-0.05, 0) is 34.7 Å². The highest BCUT2D eigenvalue weighted by atomic mass is 127. The minimum atomic E-state index is 0.718. The lowest BCUT2D eigenvalue weighted by Crippen LogP contribution is -1.82. The van der Waals surface area contributed by atoms with E-state index < -0.39 is 0 Å². The molecule has 1 aromatic rings. The molecule has 0 aromatic heterocycles. The largest absolute Gasteiger partial charge is 0.397 e. The Morgan fingerprint density at radius 1 is 1.40 bits per heavy atom. The van der Waals surface area contributed by atoms with Crippen molar-refractivity contribution in [3.63, 3.8) is 0 Å². The summed E-state index contributed by atoms with van der Waals surface area (Å²) in [5, 5.41) is 0. The predicted molar refractivity (Wildman–Crippen MR) is 53.0 cm³/mol. The van der Waals surface area contributed by atoms with E-state index in [9.17, 15) is 0 Å². The van der Waals surface area contributed by atoms with Crippen molar-refractivity contribution in [2.75, 3.05) is 5.73 Å². The number of para-hydroxylation sites is 2. The Bertz CT molecular complexity index is 245. The molecule has 52 valence electrons. The van der Waals surface area contributed by atoms with Crippen molar-refractivity contribution in [2.24, 2.45) is 4.99 Å². The normalized spacial score (nSPS) is 10.5. The summed E-state index contributed by atoms with van der Waals surface area (Å²) in [7, 11) is 0. The molecule has 0 aliphatic rings. The van der Waals surface area contributed by atoms with E-state index in [0.29, 0.717) is 0 Å². The number of halogens is 1. The standard InChI is InChI=1S/C7H7IN2/c8-5-10-7-4-2-1-3-6(7)9/h1-5H,9H2. The van der Waals surface area contributed by atoms with Gasteiger partial charge in [-0.15, -0.1) is 0 Å². The van der Waals surface area contributed by atoms with Crippen LogP contribution in [0.4, 0.5) is 11.4 Å². The van der Waals surface area contributed by atoms with E-state index in [1.807, 2.05) is 24.3 Å². The molecule has 0 bridgehead atoms. The molecular formula is C7H7IN2. The SMILES string of the molecule is Nc1ccccc1N=CI. The van der Waals surface area contributed by atoms with Crippen molar-refractivity contribution < 1.29 is 0 Å². The molecule has 10 heavy (non-hydrogen) atoms. The first-order valence-electron chi connectivity index (χ1n) is 2.82. The topological polar surface area (TPSA) is 38.4 Å². The molecule has 0 fully saturated rings. The van der Waals surface area contributed by atoms with Gasteiger partial charge in [-0.1, -0.05) is 12.1 Å². The highest BCUT2D eigenvalue weighted by Crippen LogP contribution is 2.19. The average molecular weight is 246 g/mol. The molecule has 0 heterocycles. The summed E-state index contributed by atoms with van der Waals surface area (Å²) in [6.45, 7) is 0. The third-order valence-electron chi connectivity index (χ3n) is 1.12. The van der Waals surface area contributed by atoms with E-state index in [-0.39, 0.29) is 0 Å². The smallest absolute Gasteiger partial charge is 0.0864 e. The van der Waals surface area contributed by atoms with Crippen LogP contribution < -0.4 is 5.73 Å². The minimum absolute atomic E-state index is 0.718. The Morgan fingerprint density at radius 3 is 2.70 bits per heavy atom. The molecular weight excluding hydrogens is 239 g/mol. The predicted octanol–water partition coefficient (Wildman–Crippen LogP) is 2.36. The lowest BCUT2D eigenvalue weighted by molar-refractivity contribution is 1.55. The Hall–Kier alpha value is -0.580. The van der Waals surface area contributed by atoms with Gasteiger partial charge in [0.1, 0.15) is 0 Å². The second-order valence-electron chi connectivity index (χ2n) is 1.79. The monoisotopic (exact) mass is 246 g/mol. The summed E-state index contributed by atoms with van der Waals surface area (Å²) in [5.41, 5.74) is 7.14. The summed E-state index contributed by atoms with van der Waals surface area (Å²) in [5.74, 6) is 0. The van der Waals surface area contributed by atoms with Crippen molar-refractivity contribution in [3.05, 3.63) is 24.3 Å². The fourth-order valence-electron chi connectivity index (χ4n) is 0.658. The van der Waals surface area contributed by atoms with E-state index in [0.717, 1.165) is 11.4 Å². The van der Waals surface area contributed by atoms with Gasteiger partial charge in [-0.2, -0.15) is 0 Å². The van der Waals surface area contributed by atoms with Gasteiger partial charge in [-0.25, -0.2) is 4.99 Å². The third kappa shape index (κ3) is 1.70. The van der Waals surface area contributed by atoms with E-state index in [4.69, 9.17) is 5.73 Å². The molecule has 0 saturated carbocycles. The van der Waals surface area contributed by atoms with Gasteiger partial charge in [0.2, 0.25) is 0 Å². The van der Waals surface area contributed by atoms with Crippen LogP contribution in [0.3, 0.4) is 0 Å². The van der Waals surface area contributed by atoms with Crippen LogP contribution in [0.2, 0.25) is 0 Å². The molecule has 0 spiro atoms. The molecule has 0 aliphatic carbocycles. The summed E-state index contributed by atoms with van der Waals surface area (Å²) in [6.07, 6.45) is 0. The molecule has 0 aliphatic heterocycles. The summed E-state index contributed by atoms with van der Waals surface area (Å²) < 4.78 is 1.70. The van der Waals surface area contributed by atoms with Gasteiger partial charge >= 0.3 is 0 Å². The van der Waals surface area contributed by atoms with Crippen LogP contribution in [-0.4, -0.2) is 4.22 Å². The zero-order valence-electron chi connectivity index (χ0n) is 5.29. The number of nitrogens with zero attached hydrogens (tertiary/aromatic N) is 1. The van der Waals surface area contributed by atoms with Crippen molar-refractivity contribution >= 4 is 38.2 Å². The van der Waals surface area contributed by atoms with Crippen LogP contribution in [0.15, 0.2) is 29.3 Å². The molecule has 2 nitrogen and oxygen atoms in total. The maximum Gasteiger partial charge on any atom is 0.0864 e. The van der Waals surface area contributed by atoms with Crippen LogP contribution in [-0.2, 0) is 0 Å². The molecule has 0 atom stereocenters. The quantitative estimate of drug-likeness (QED) is 0.461. The first-order chi connectivity index (χ1) is 4.84. The van der Waals surface area contributed by atoms with Crippen LogP contribution in [0.5, 0.6) is 0 Å². The number of hydrogen-bond acceptors (Lipinski definition) is 2. The molecule has 3 heteroatoms. The molecule has 0 radical (unpaired) electrons. The minimum Gasteiger partial charge on any atom is -0.397 e. The summed E-state index contributed by atoms with van der Waals surface area (Å²) in [4.78, 5) is 4.04. The second-order valence-corrected chi connectivity index (χ2v) is 2.34. The fourth-order valence-corrected chi connectivity index (χ4v) is 0.958. The summed E-state index contributed by atoms with van der Waals surface area (Å²) in [6, 6.07) is 7.51. The average Bonchev–Trinajstić information content (AvgIpc) is 1.94. The number of nitrogen functional groups attached to an aromatic ring is 1. The molecule has 0 amide bonds. The molecule has 0 unspecified atom stereocenters. The highest BCUT2D eigenvalue weighted by molar-refractivity contribution is 14.1. The van der Waals surface area contributed by atoms with E-state index in [1.165, 1.54) is 0 Å². The maximum atomic E-state index is 5.59. The van der Waals surface area contributed by atoms with Crippen molar-refractivity contribution in [2.45, 2.75) is 0 Å². The zero-order chi connectivity index (χ0) is 7.40. The number of aliphatic imine (C=N–C) groups is 1. The first-order valence-corrected chi connectivity index (χ1v) is 4.06. The van der Waals surface area contributed by atoms with Gasteiger partial charge in [0.25, 0.3) is 0 Å². The van der Waals surface area contributed by atoms with Crippen LogP contribution in [0.25, 0.3) is 0 Å². The number of hydrogen-bond donors (Lipinski definition) is 1. The Balaban J connectivity index is 3.03. The van der Waals surface area contributed by atoms with Crippen LogP contribution in [0, 0.1) is 0 Å². The first kappa shape index (κ1) is 7.53. The van der Waals surface area contributed by atoms with Gasteiger partial charge in [0, 0.05) is 0 Å². The van der Waals surface area contributed by atoms with Crippen LogP contribution >= 0.6 is 22.6 Å². The lowest BCUT2D eigenvalue weighted by atomic mass is 10.3. The van der Waals surface area contributed by atoms with Gasteiger partial charge in [0.15, 0.2) is 0 Å². The van der Waals surface area contributed by atoms with Crippen LogP contribution in [0.1, 0.15) is 0 Å². The molecule has 1 rings (SSSR count). The van der Waals surface area contributed by atoms with Gasteiger partial charge in [0.05, 0.1) is 15.6 Å². The molecule has 1 aromatic carbocycles. The van der Waals surface area contributed by atoms with Crippen molar-refractivity contribution in [1.82, 2.24) is 0 Å². The number of anilines is 1. The van der Waals surface area contributed by atoms with Gasteiger partial charge < -0.3 is 5.73 Å². The molecule has 2 N–H and O–H groups in total. The Labute approximate surface area is 73.3 Å². The van der Waals surface area contributed by atoms with Crippen molar-refractivity contribution in [1.29, 1.82) is 0 Å². The second kappa shape index (κ2) is 3.55. The zero-order valence-corrected chi connectivity index (χ0v) is 7.45. The highest BCUT2D eigenvalue weighted by Gasteiger charge is 1.90.